The van der Waals surface area contributed by atoms with Gasteiger partial charge in [0, 0.05) is 0 Å². The second-order valence-corrected chi connectivity index (χ2v) is 3.06. The van der Waals surface area contributed by atoms with Crippen LogP contribution in [0.15, 0.2) is 23.3 Å². The number of benzene rings is 1. The van der Waals surface area contributed by atoms with Crippen LogP contribution in [0.1, 0.15) is 0 Å². The van der Waals surface area contributed by atoms with E-state index < -0.39 is 0 Å². The van der Waals surface area contributed by atoms with E-state index in [1.54, 1.807) is 18.2 Å². The van der Waals surface area contributed by atoms with Gasteiger partial charge >= 0.3 is 0 Å². The lowest BCUT2D eigenvalue weighted by Crippen LogP contribution is -2.24. The molecule has 0 spiro atoms. The molecule has 1 aromatic rings. The topological polar surface area (TPSA) is 76.4 Å². The van der Waals surface area contributed by atoms with Crippen molar-refractivity contribution in [3.8, 4) is 0 Å². The number of guanidine groups is 1. The van der Waals surface area contributed by atoms with E-state index in [4.69, 9.17) is 34.7 Å². The van der Waals surface area contributed by atoms with Gasteiger partial charge in [-0.15, -0.1) is 5.10 Å². The largest absolute Gasteiger partial charge is 0.369 e. The molecule has 1 rings (SSSR count). The van der Waals surface area contributed by atoms with Crippen molar-refractivity contribution in [3.63, 3.8) is 0 Å². The summed E-state index contributed by atoms with van der Waals surface area (Å²) >= 11 is 11.6. The highest BCUT2D eigenvalue weighted by molar-refractivity contribution is 6.39. The second-order valence-electron chi connectivity index (χ2n) is 2.25. The molecule has 70 valence electrons. The molecule has 0 bridgehead atoms. The molecule has 4 nitrogen and oxygen atoms in total. The Morgan fingerprint density at radius 1 is 1.23 bits per heavy atom. The van der Waals surface area contributed by atoms with E-state index in [1.165, 1.54) is 0 Å². The Hall–Kier alpha value is -1.13. The molecule has 0 radical (unpaired) electrons. The molecule has 0 unspecified atom stereocenters. The number of hydrogen-bond donors (Lipinski definition) is 3. The van der Waals surface area contributed by atoms with Crippen molar-refractivity contribution in [2.45, 2.75) is 0 Å². The van der Waals surface area contributed by atoms with Crippen molar-refractivity contribution >= 4 is 34.8 Å². The van der Waals surface area contributed by atoms with Gasteiger partial charge in [0.1, 0.15) is 0 Å². The summed E-state index contributed by atoms with van der Waals surface area (Å²) in [7, 11) is 0. The van der Waals surface area contributed by atoms with Crippen LogP contribution < -0.4 is 16.9 Å². The van der Waals surface area contributed by atoms with Crippen LogP contribution in [-0.4, -0.2) is 5.96 Å². The first kappa shape index (κ1) is 9.95. The number of nitrogens with one attached hydrogen (secondary N) is 1. The van der Waals surface area contributed by atoms with Gasteiger partial charge in [-0.2, -0.15) is 0 Å². The van der Waals surface area contributed by atoms with Crippen LogP contribution in [0.25, 0.3) is 0 Å². The zero-order valence-electron chi connectivity index (χ0n) is 6.59. The molecule has 0 aromatic heterocycles. The van der Waals surface area contributed by atoms with Gasteiger partial charge in [0.05, 0.1) is 15.7 Å². The van der Waals surface area contributed by atoms with E-state index in [-0.39, 0.29) is 5.96 Å². The number of nitrogens with two attached hydrogens (primary N) is 2. The minimum Gasteiger partial charge on any atom is -0.369 e. The Morgan fingerprint density at radius 3 is 2.23 bits per heavy atom. The monoisotopic (exact) mass is 218 g/mol. The van der Waals surface area contributed by atoms with E-state index >= 15 is 0 Å². The zero-order chi connectivity index (χ0) is 9.84. The van der Waals surface area contributed by atoms with Gasteiger partial charge in [-0.3, -0.25) is 5.43 Å². The molecular weight excluding hydrogens is 211 g/mol. The van der Waals surface area contributed by atoms with Crippen LogP contribution in [-0.2, 0) is 0 Å². The van der Waals surface area contributed by atoms with E-state index in [1.807, 2.05) is 0 Å². The number of rotatable bonds is 2. The van der Waals surface area contributed by atoms with Crippen LogP contribution in [0.2, 0.25) is 10.0 Å². The summed E-state index contributed by atoms with van der Waals surface area (Å²) in [6.45, 7) is 0. The van der Waals surface area contributed by atoms with E-state index in [0.29, 0.717) is 15.7 Å². The highest BCUT2D eigenvalue weighted by Crippen LogP contribution is 2.29. The molecule has 0 amide bonds. The van der Waals surface area contributed by atoms with Gasteiger partial charge in [0.2, 0.25) is 5.96 Å². The Balaban J connectivity index is 2.94. The molecule has 0 aliphatic rings. The standard InChI is InChI=1S/C7H8Cl2N4/c8-4-2-1-3-5(9)6(4)12-13-7(10)11/h1-3,12H,(H4,10,11,13). The second kappa shape index (κ2) is 4.20. The van der Waals surface area contributed by atoms with Gasteiger partial charge in [0.15, 0.2) is 0 Å². The van der Waals surface area contributed by atoms with Gasteiger partial charge < -0.3 is 11.5 Å². The Labute approximate surface area is 85.5 Å². The summed E-state index contributed by atoms with van der Waals surface area (Å²) in [6.07, 6.45) is 0. The molecule has 13 heavy (non-hydrogen) atoms. The number of hydrogen-bond acceptors (Lipinski definition) is 2. The van der Waals surface area contributed by atoms with Crippen molar-refractivity contribution in [2.75, 3.05) is 5.43 Å². The maximum Gasteiger partial charge on any atom is 0.208 e. The van der Waals surface area contributed by atoms with E-state index in [9.17, 15) is 0 Å². The predicted octanol–water partition coefficient (Wildman–Crippen LogP) is 1.59. The summed E-state index contributed by atoms with van der Waals surface area (Å²) in [5.74, 6) is -0.0870. The quantitative estimate of drug-likeness (QED) is 0.401. The van der Waals surface area contributed by atoms with Crippen LogP contribution in [0.3, 0.4) is 0 Å². The lowest BCUT2D eigenvalue weighted by molar-refractivity contribution is 1.29. The van der Waals surface area contributed by atoms with Crippen LogP contribution in [0.4, 0.5) is 5.69 Å². The molecule has 0 aliphatic heterocycles. The number of halogens is 2. The molecule has 0 atom stereocenters. The van der Waals surface area contributed by atoms with Gasteiger partial charge in [-0.25, -0.2) is 0 Å². The first-order valence-electron chi connectivity index (χ1n) is 3.40. The van der Waals surface area contributed by atoms with Crippen molar-refractivity contribution in [1.82, 2.24) is 0 Å². The van der Waals surface area contributed by atoms with E-state index in [2.05, 4.69) is 10.5 Å². The third kappa shape index (κ3) is 2.68. The van der Waals surface area contributed by atoms with Crippen molar-refractivity contribution < 1.29 is 0 Å². The van der Waals surface area contributed by atoms with E-state index in [0.717, 1.165) is 0 Å². The number of hydrazone groups is 1. The molecule has 0 heterocycles. The molecular formula is C7H8Cl2N4. The fourth-order valence-corrected chi connectivity index (χ4v) is 1.21. The summed E-state index contributed by atoms with van der Waals surface area (Å²) in [4.78, 5) is 0. The first-order chi connectivity index (χ1) is 6.11. The fraction of sp³-hybridized carbons (Fsp3) is 0. The lowest BCUT2D eigenvalue weighted by Gasteiger charge is -2.04. The maximum atomic E-state index is 5.82. The Bertz CT molecular complexity index is 313. The third-order valence-electron chi connectivity index (χ3n) is 1.26. The Kier molecular flexibility index (Phi) is 3.22. The van der Waals surface area contributed by atoms with Gasteiger partial charge in [-0.05, 0) is 12.1 Å². The van der Waals surface area contributed by atoms with Crippen molar-refractivity contribution in [2.24, 2.45) is 16.6 Å². The highest BCUT2D eigenvalue weighted by Gasteiger charge is 2.02. The molecule has 5 N–H and O–H groups in total. The summed E-state index contributed by atoms with van der Waals surface area (Å²) in [6, 6.07) is 5.08. The van der Waals surface area contributed by atoms with Crippen molar-refractivity contribution in [3.05, 3.63) is 28.2 Å². The summed E-state index contributed by atoms with van der Waals surface area (Å²) < 4.78 is 0. The molecule has 0 aliphatic carbocycles. The fourth-order valence-electron chi connectivity index (χ4n) is 0.725. The molecule has 0 saturated heterocycles. The third-order valence-corrected chi connectivity index (χ3v) is 1.89. The number of para-hydroxylation sites is 1. The number of nitrogens with zero attached hydrogens (tertiary/aromatic N) is 1. The predicted molar refractivity (Wildman–Crippen MR) is 55.9 cm³/mol. The molecule has 6 heteroatoms. The maximum absolute atomic E-state index is 5.82. The highest BCUT2D eigenvalue weighted by atomic mass is 35.5. The average Bonchev–Trinajstić information content (AvgIpc) is 2.03. The average molecular weight is 219 g/mol. The SMILES string of the molecule is NC(N)=NNc1c(Cl)cccc1Cl. The zero-order valence-corrected chi connectivity index (χ0v) is 8.10. The molecule has 0 fully saturated rings. The minimum atomic E-state index is -0.0870. The first-order valence-corrected chi connectivity index (χ1v) is 4.15. The summed E-state index contributed by atoms with van der Waals surface area (Å²) in [5.41, 5.74) is 13.3. The lowest BCUT2D eigenvalue weighted by atomic mass is 10.3. The smallest absolute Gasteiger partial charge is 0.208 e. The minimum absolute atomic E-state index is 0.0870. The van der Waals surface area contributed by atoms with Crippen LogP contribution >= 0.6 is 23.2 Å². The van der Waals surface area contributed by atoms with Crippen LogP contribution in [0, 0.1) is 0 Å². The van der Waals surface area contributed by atoms with Gasteiger partial charge in [-0.1, -0.05) is 29.3 Å². The Morgan fingerprint density at radius 2 is 1.77 bits per heavy atom. The normalized spacial score (nSPS) is 9.38. The number of anilines is 1. The molecule has 0 saturated carbocycles. The van der Waals surface area contributed by atoms with Crippen molar-refractivity contribution in [1.29, 1.82) is 0 Å². The molecule has 1 aromatic carbocycles. The summed E-state index contributed by atoms with van der Waals surface area (Å²) in [5, 5.41) is 4.48. The van der Waals surface area contributed by atoms with Gasteiger partial charge in [0.25, 0.3) is 0 Å². The van der Waals surface area contributed by atoms with Crippen LogP contribution in [0.5, 0.6) is 0 Å².